The van der Waals surface area contributed by atoms with Crippen LogP contribution in [0.5, 0.6) is 11.5 Å². The summed E-state index contributed by atoms with van der Waals surface area (Å²) >= 11 is 6.05. The van der Waals surface area contributed by atoms with Gasteiger partial charge >= 0.3 is 0 Å². The van der Waals surface area contributed by atoms with Gasteiger partial charge in [0, 0.05) is 29.4 Å². The van der Waals surface area contributed by atoms with Crippen molar-refractivity contribution < 1.29 is 14.3 Å². The molecule has 0 unspecified atom stereocenters. The van der Waals surface area contributed by atoms with Crippen molar-refractivity contribution >= 4 is 23.2 Å². The first-order valence-corrected chi connectivity index (χ1v) is 8.81. The molecule has 2 aromatic carbocycles. The standard InChI is InChI=1S/C20H25ClN2O3/c1-14(2)23(12-15-6-5-7-16(21)10-15)13-20(24)22-17-8-9-18(25-3)19(11-17)26-4/h5-11,14H,12-13H2,1-4H3,(H,22,24). The zero-order chi connectivity index (χ0) is 19.1. The van der Waals surface area contributed by atoms with E-state index < -0.39 is 0 Å². The maximum absolute atomic E-state index is 12.5. The minimum absolute atomic E-state index is 0.0899. The lowest BCUT2D eigenvalue weighted by Gasteiger charge is -2.26. The van der Waals surface area contributed by atoms with Gasteiger partial charge in [0.15, 0.2) is 11.5 Å². The van der Waals surface area contributed by atoms with Crippen LogP contribution in [0.25, 0.3) is 0 Å². The molecule has 0 atom stereocenters. The molecule has 6 heteroatoms. The summed E-state index contributed by atoms with van der Waals surface area (Å²) in [6.07, 6.45) is 0. The molecule has 0 bridgehead atoms. The molecule has 26 heavy (non-hydrogen) atoms. The number of amides is 1. The van der Waals surface area contributed by atoms with Crippen molar-refractivity contribution in [3.63, 3.8) is 0 Å². The average molecular weight is 377 g/mol. The quantitative estimate of drug-likeness (QED) is 0.749. The number of hydrogen-bond donors (Lipinski definition) is 1. The van der Waals surface area contributed by atoms with Crippen molar-refractivity contribution in [2.75, 3.05) is 26.1 Å². The van der Waals surface area contributed by atoms with E-state index in [-0.39, 0.29) is 18.5 Å². The van der Waals surface area contributed by atoms with E-state index >= 15 is 0 Å². The molecule has 2 rings (SSSR count). The molecule has 0 aliphatic carbocycles. The van der Waals surface area contributed by atoms with E-state index in [1.165, 1.54) is 0 Å². The Balaban J connectivity index is 2.03. The number of ether oxygens (including phenoxy) is 2. The molecule has 0 aliphatic heterocycles. The lowest BCUT2D eigenvalue weighted by atomic mass is 10.2. The van der Waals surface area contributed by atoms with E-state index in [2.05, 4.69) is 24.1 Å². The van der Waals surface area contributed by atoms with E-state index in [0.717, 1.165) is 5.56 Å². The van der Waals surface area contributed by atoms with Crippen LogP contribution in [0, 0.1) is 0 Å². The summed E-state index contributed by atoms with van der Waals surface area (Å²) in [5, 5.41) is 3.60. The predicted molar refractivity (Wildman–Crippen MR) is 105 cm³/mol. The molecular formula is C20H25ClN2O3. The molecular weight excluding hydrogens is 352 g/mol. The number of methoxy groups -OCH3 is 2. The van der Waals surface area contributed by atoms with Gasteiger partial charge in [-0.1, -0.05) is 23.7 Å². The van der Waals surface area contributed by atoms with E-state index in [1.807, 2.05) is 24.3 Å². The molecule has 0 aliphatic rings. The van der Waals surface area contributed by atoms with Crippen molar-refractivity contribution in [1.29, 1.82) is 0 Å². The van der Waals surface area contributed by atoms with Gasteiger partial charge in [-0.05, 0) is 43.7 Å². The molecule has 0 saturated carbocycles. The lowest BCUT2D eigenvalue weighted by molar-refractivity contribution is -0.117. The molecule has 5 nitrogen and oxygen atoms in total. The fourth-order valence-electron chi connectivity index (χ4n) is 2.59. The van der Waals surface area contributed by atoms with Gasteiger partial charge in [0.1, 0.15) is 0 Å². The number of hydrogen-bond acceptors (Lipinski definition) is 4. The maximum atomic E-state index is 12.5. The Kier molecular flexibility index (Phi) is 7.30. The zero-order valence-corrected chi connectivity index (χ0v) is 16.3. The van der Waals surface area contributed by atoms with Crippen molar-refractivity contribution in [3.05, 3.63) is 53.1 Å². The maximum Gasteiger partial charge on any atom is 0.238 e. The number of benzene rings is 2. The van der Waals surface area contributed by atoms with Crippen molar-refractivity contribution in [1.82, 2.24) is 4.90 Å². The Bertz CT molecular complexity index is 750. The second-order valence-corrected chi connectivity index (χ2v) is 6.68. The third kappa shape index (κ3) is 5.64. The van der Waals surface area contributed by atoms with Crippen LogP contribution < -0.4 is 14.8 Å². The predicted octanol–water partition coefficient (Wildman–Crippen LogP) is 4.21. The fourth-order valence-corrected chi connectivity index (χ4v) is 2.80. The van der Waals surface area contributed by atoms with Crippen molar-refractivity contribution in [2.45, 2.75) is 26.4 Å². The summed E-state index contributed by atoms with van der Waals surface area (Å²) in [5.74, 6) is 1.10. The second-order valence-electron chi connectivity index (χ2n) is 6.25. The van der Waals surface area contributed by atoms with Crippen LogP contribution >= 0.6 is 11.6 Å². The number of nitrogens with zero attached hydrogens (tertiary/aromatic N) is 1. The summed E-state index contributed by atoms with van der Waals surface area (Å²) in [4.78, 5) is 14.6. The molecule has 1 amide bonds. The van der Waals surface area contributed by atoms with Crippen molar-refractivity contribution in [3.8, 4) is 11.5 Å². The lowest BCUT2D eigenvalue weighted by Crippen LogP contribution is -2.37. The first kappa shape index (κ1) is 20.1. The molecule has 0 fully saturated rings. The molecule has 140 valence electrons. The summed E-state index contributed by atoms with van der Waals surface area (Å²) in [5.41, 5.74) is 1.74. The summed E-state index contributed by atoms with van der Waals surface area (Å²) in [7, 11) is 3.14. The van der Waals surface area contributed by atoms with Gasteiger partial charge in [-0.2, -0.15) is 0 Å². The van der Waals surface area contributed by atoms with Crippen LogP contribution in [0.3, 0.4) is 0 Å². The fraction of sp³-hybridized carbons (Fsp3) is 0.350. The van der Waals surface area contributed by atoms with E-state index in [9.17, 15) is 4.79 Å². The first-order valence-electron chi connectivity index (χ1n) is 8.43. The van der Waals surface area contributed by atoms with Gasteiger partial charge in [0.05, 0.1) is 20.8 Å². The van der Waals surface area contributed by atoms with E-state index in [1.54, 1.807) is 32.4 Å². The normalized spacial score (nSPS) is 10.9. The Labute approximate surface area is 159 Å². The van der Waals surface area contributed by atoms with Gasteiger partial charge in [0.2, 0.25) is 5.91 Å². The molecule has 1 N–H and O–H groups in total. The highest BCUT2D eigenvalue weighted by atomic mass is 35.5. The molecule has 0 aromatic heterocycles. The number of anilines is 1. The van der Waals surface area contributed by atoms with Crippen molar-refractivity contribution in [2.24, 2.45) is 0 Å². The third-order valence-corrected chi connectivity index (χ3v) is 4.25. The van der Waals surface area contributed by atoms with Gasteiger partial charge < -0.3 is 14.8 Å². The molecule has 0 heterocycles. The molecule has 0 spiro atoms. The molecule has 0 saturated heterocycles. The highest BCUT2D eigenvalue weighted by Crippen LogP contribution is 2.29. The topological polar surface area (TPSA) is 50.8 Å². The zero-order valence-electron chi connectivity index (χ0n) is 15.6. The smallest absolute Gasteiger partial charge is 0.238 e. The van der Waals surface area contributed by atoms with Crippen LogP contribution in [-0.4, -0.2) is 37.6 Å². The third-order valence-electron chi connectivity index (χ3n) is 4.02. The van der Waals surface area contributed by atoms with Gasteiger partial charge in [-0.3, -0.25) is 9.69 Å². The van der Waals surface area contributed by atoms with Crippen LogP contribution in [-0.2, 0) is 11.3 Å². The Morgan fingerprint density at radius 3 is 2.46 bits per heavy atom. The summed E-state index contributed by atoms with van der Waals surface area (Å²) in [6.45, 7) is 5.05. The van der Waals surface area contributed by atoms with Gasteiger partial charge in [-0.25, -0.2) is 0 Å². The number of nitrogens with one attached hydrogen (secondary N) is 1. The van der Waals surface area contributed by atoms with Gasteiger partial charge in [-0.15, -0.1) is 0 Å². The van der Waals surface area contributed by atoms with Crippen LogP contribution in [0.1, 0.15) is 19.4 Å². The largest absolute Gasteiger partial charge is 0.493 e. The number of rotatable bonds is 8. The van der Waals surface area contributed by atoms with E-state index in [4.69, 9.17) is 21.1 Å². The number of carbonyl (C=O) groups is 1. The van der Waals surface area contributed by atoms with Crippen LogP contribution in [0.15, 0.2) is 42.5 Å². The monoisotopic (exact) mass is 376 g/mol. The average Bonchev–Trinajstić information content (AvgIpc) is 2.61. The van der Waals surface area contributed by atoms with E-state index in [0.29, 0.717) is 28.8 Å². The summed E-state index contributed by atoms with van der Waals surface area (Å²) in [6, 6.07) is 13.2. The van der Waals surface area contributed by atoms with Gasteiger partial charge in [0.25, 0.3) is 0 Å². The molecule has 2 aromatic rings. The number of halogens is 1. The Morgan fingerprint density at radius 2 is 1.85 bits per heavy atom. The number of carbonyl (C=O) groups excluding carboxylic acids is 1. The second kappa shape index (κ2) is 9.46. The Morgan fingerprint density at radius 1 is 1.12 bits per heavy atom. The molecule has 0 radical (unpaired) electrons. The Hall–Kier alpha value is -2.24. The van der Waals surface area contributed by atoms with Crippen LogP contribution in [0.2, 0.25) is 5.02 Å². The first-order chi connectivity index (χ1) is 12.4. The highest BCUT2D eigenvalue weighted by Gasteiger charge is 2.15. The summed E-state index contributed by atoms with van der Waals surface area (Å²) < 4.78 is 10.5. The minimum Gasteiger partial charge on any atom is -0.493 e. The minimum atomic E-state index is -0.0899. The highest BCUT2D eigenvalue weighted by molar-refractivity contribution is 6.30. The SMILES string of the molecule is COc1ccc(NC(=O)CN(Cc2cccc(Cl)c2)C(C)C)cc1OC. The van der Waals surface area contributed by atoms with Crippen LogP contribution in [0.4, 0.5) is 5.69 Å².